The number of hydrogen-bond donors (Lipinski definition) is 0. The van der Waals surface area contributed by atoms with Crippen molar-refractivity contribution in [2.24, 2.45) is 0 Å². The van der Waals surface area contributed by atoms with Crippen molar-refractivity contribution >= 4 is 17.4 Å². The van der Waals surface area contributed by atoms with Gasteiger partial charge in [0, 0.05) is 6.42 Å². The molecule has 0 aromatic heterocycles. The average molecular weight is 307 g/mol. The fourth-order valence-electron chi connectivity index (χ4n) is 1.99. The molecular formula is C17H16ClFO2. The SMILES string of the molecule is CCCOc1ccccc1C(=O)Cc1cccc(Cl)c1F. The lowest BCUT2D eigenvalue weighted by Crippen LogP contribution is -2.08. The van der Waals surface area contributed by atoms with Crippen LogP contribution in [0.3, 0.4) is 0 Å². The molecule has 0 saturated heterocycles. The van der Waals surface area contributed by atoms with Gasteiger partial charge in [0.1, 0.15) is 11.6 Å². The van der Waals surface area contributed by atoms with Gasteiger partial charge in [0.05, 0.1) is 17.2 Å². The maximum absolute atomic E-state index is 13.9. The van der Waals surface area contributed by atoms with Crippen molar-refractivity contribution in [2.75, 3.05) is 6.61 Å². The van der Waals surface area contributed by atoms with Crippen LogP contribution in [0, 0.1) is 5.82 Å². The molecular weight excluding hydrogens is 291 g/mol. The van der Waals surface area contributed by atoms with E-state index in [2.05, 4.69) is 0 Å². The minimum atomic E-state index is -0.542. The summed E-state index contributed by atoms with van der Waals surface area (Å²) in [5, 5.41) is 0.0239. The Balaban J connectivity index is 2.22. The van der Waals surface area contributed by atoms with E-state index >= 15 is 0 Å². The topological polar surface area (TPSA) is 26.3 Å². The minimum Gasteiger partial charge on any atom is -0.493 e. The third-order valence-corrected chi connectivity index (χ3v) is 3.32. The summed E-state index contributed by atoms with van der Waals surface area (Å²) in [5.74, 6) is -0.200. The van der Waals surface area contributed by atoms with Crippen LogP contribution in [-0.4, -0.2) is 12.4 Å². The number of para-hydroxylation sites is 1. The molecule has 0 unspecified atom stereocenters. The van der Waals surface area contributed by atoms with E-state index in [4.69, 9.17) is 16.3 Å². The van der Waals surface area contributed by atoms with Crippen molar-refractivity contribution in [3.8, 4) is 5.75 Å². The predicted molar refractivity (Wildman–Crippen MR) is 81.7 cm³/mol. The standard InChI is InChI=1S/C17H16ClFO2/c1-2-10-21-16-9-4-3-7-13(16)15(20)11-12-6-5-8-14(18)17(12)19/h3-9H,2,10-11H2,1H3. The van der Waals surface area contributed by atoms with Crippen LogP contribution in [0.25, 0.3) is 0 Å². The van der Waals surface area contributed by atoms with E-state index in [9.17, 15) is 9.18 Å². The molecule has 0 saturated carbocycles. The van der Waals surface area contributed by atoms with Crippen molar-refractivity contribution < 1.29 is 13.9 Å². The molecule has 2 aromatic rings. The second-order valence-corrected chi connectivity index (χ2v) is 5.06. The van der Waals surface area contributed by atoms with Gasteiger partial charge in [-0.1, -0.05) is 42.8 Å². The molecule has 110 valence electrons. The molecule has 21 heavy (non-hydrogen) atoms. The molecule has 4 heteroatoms. The first kappa shape index (κ1) is 15.5. The van der Waals surface area contributed by atoms with Crippen LogP contribution in [-0.2, 0) is 6.42 Å². The van der Waals surface area contributed by atoms with Gasteiger partial charge in [-0.05, 0) is 30.2 Å². The maximum Gasteiger partial charge on any atom is 0.171 e. The van der Waals surface area contributed by atoms with Gasteiger partial charge in [-0.15, -0.1) is 0 Å². The monoisotopic (exact) mass is 306 g/mol. The zero-order valence-corrected chi connectivity index (χ0v) is 12.5. The largest absolute Gasteiger partial charge is 0.493 e. The van der Waals surface area contributed by atoms with E-state index in [0.717, 1.165) is 6.42 Å². The maximum atomic E-state index is 13.9. The lowest BCUT2D eigenvalue weighted by molar-refractivity contribution is 0.0988. The van der Waals surface area contributed by atoms with E-state index in [1.54, 1.807) is 30.3 Å². The van der Waals surface area contributed by atoms with Crippen LogP contribution in [0.5, 0.6) is 5.75 Å². The van der Waals surface area contributed by atoms with Crippen LogP contribution in [0.15, 0.2) is 42.5 Å². The van der Waals surface area contributed by atoms with Crippen LogP contribution in [0.4, 0.5) is 4.39 Å². The Morgan fingerprint density at radius 2 is 1.95 bits per heavy atom. The van der Waals surface area contributed by atoms with Gasteiger partial charge < -0.3 is 4.74 Å². The summed E-state index contributed by atoms with van der Waals surface area (Å²) in [5.41, 5.74) is 0.753. The van der Waals surface area contributed by atoms with E-state index in [1.807, 2.05) is 13.0 Å². The molecule has 0 amide bonds. The number of benzene rings is 2. The summed E-state index contributed by atoms with van der Waals surface area (Å²) in [4.78, 5) is 12.4. The highest BCUT2D eigenvalue weighted by Gasteiger charge is 2.15. The number of rotatable bonds is 6. The second-order valence-electron chi connectivity index (χ2n) is 4.66. The van der Waals surface area contributed by atoms with Crippen molar-refractivity contribution in [1.82, 2.24) is 0 Å². The number of carbonyl (C=O) groups is 1. The van der Waals surface area contributed by atoms with Crippen LogP contribution >= 0.6 is 11.6 Å². The minimum absolute atomic E-state index is 0.0239. The Labute approximate surface area is 128 Å². The van der Waals surface area contributed by atoms with Gasteiger partial charge in [0.15, 0.2) is 5.78 Å². The van der Waals surface area contributed by atoms with E-state index in [1.165, 1.54) is 6.07 Å². The molecule has 0 aliphatic carbocycles. The van der Waals surface area contributed by atoms with Gasteiger partial charge in [-0.3, -0.25) is 4.79 Å². The summed E-state index contributed by atoms with van der Waals surface area (Å²) in [6, 6.07) is 11.7. The lowest BCUT2D eigenvalue weighted by atomic mass is 10.0. The Morgan fingerprint density at radius 3 is 2.71 bits per heavy atom. The molecule has 2 aromatic carbocycles. The predicted octanol–water partition coefficient (Wildman–Crippen LogP) is 4.69. The molecule has 0 atom stereocenters. The second kappa shape index (κ2) is 7.23. The first-order valence-electron chi connectivity index (χ1n) is 6.81. The number of halogens is 2. The quantitative estimate of drug-likeness (QED) is 0.723. The van der Waals surface area contributed by atoms with Gasteiger partial charge >= 0.3 is 0 Å². The lowest BCUT2D eigenvalue weighted by Gasteiger charge is -2.10. The summed E-state index contributed by atoms with van der Waals surface area (Å²) in [7, 11) is 0. The Bertz CT molecular complexity index is 640. The Morgan fingerprint density at radius 1 is 1.19 bits per heavy atom. The molecule has 0 N–H and O–H groups in total. The average Bonchev–Trinajstić information content (AvgIpc) is 2.50. The molecule has 0 spiro atoms. The first-order valence-corrected chi connectivity index (χ1v) is 7.19. The fourth-order valence-corrected chi connectivity index (χ4v) is 2.18. The Kier molecular flexibility index (Phi) is 5.34. The smallest absolute Gasteiger partial charge is 0.171 e. The number of ether oxygens (including phenoxy) is 1. The third-order valence-electron chi connectivity index (χ3n) is 3.03. The van der Waals surface area contributed by atoms with Gasteiger partial charge in [0.2, 0.25) is 0 Å². The Hall–Kier alpha value is -1.87. The molecule has 0 fully saturated rings. The van der Waals surface area contributed by atoms with Crippen LogP contribution in [0.1, 0.15) is 29.3 Å². The zero-order valence-electron chi connectivity index (χ0n) is 11.7. The highest BCUT2D eigenvalue weighted by molar-refractivity contribution is 6.30. The summed E-state index contributed by atoms with van der Waals surface area (Å²) in [6.45, 7) is 2.53. The van der Waals surface area contributed by atoms with Crippen molar-refractivity contribution in [3.63, 3.8) is 0 Å². The summed E-state index contributed by atoms with van der Waals surface area (Å²) >= 11 is 5.73. The highest BCUT2D eigenvalue weighted by Crippen LogP contribution is 2.23. The van der Waals surface area contributed by atoms with Crippen molar-refractivity contribution in [2.45, 2.75) is 19.8 Å². The van der Waals surface area contributed by atoms with Gasteiger partial charge in [0.25, 0.3) is 0 Å². The van der Waals surface area contributed by atoms with Crippen molar-refractivity contribution in [3.05, 3.63) is 64.4 Å². The zero-order chi connectivity index (χ0) is 15.2. The molecule has 0 radical (unpaired) electrons. The number of hydrogen-bond acceptors (Lipinski definition) is 2. The first-order chi connectivity index (χ1) is 10.1. The fraction of sp³-hybridized carbons (Fsp3) is 0.235. The molecule has 2 rings (SSSR count). The summed E-state index contributed by atoms with van der Waals surface area (Å²) in [6.07, 6.45) is 0.810. The van der Waals surface area contributed by atoms with Gasteiger partial charge in [-0.25, -0.2) is 4.39 Å². The van der Waals surface area contributed by atoms with Crippen LogP contribution in [0.2, 0.25) is 5.02 Å². The van der Waals surface area contributed by atoms with Crippen molar-refractivity contribution in [1.29, 1.82) is 0 Å². The molecule has 0 aliphatic rings. The molecule has 2 nitrogen and oxygen atoms in total. The van der Waals surface area contributed by atoms with Crippen LogP contribution < -0.4 is 4.74 Å². The highest BCUT2D eigenvalue weighted by atomic mass is 35.5. The van der Waals surface area contributed by atoms with E-state index in [0.29, 0.717) is 17.9 Å². The van der Waals surface area contributed by atoms with E-state index in [-0.39, 0.29) is 22.8 Å². The summed E-state index contributed by atoms with van der Waals surface area (Å²) < 4.78 is 19.4. The number of carbonyl (C=O) groups excluding carboxylic acids is 1. The molecule has 0 heterocycles. The third kappa shape index (κ3) is 3.82. The normalized spacial score (nSPS) is 10.4. The molecule has 0 bridgehead atoms. The van der Waals surface area contributed by atoms with Gasteiger partial charge in [-0.2, -0.15) is 0 Å². The molecule has 0 aliphatic heterocycles. The van der Waals surface area contributed by atoms with E-state index < -0.39 is 5.82 Å². The number of ketones is 1. The number of Topliss-reactive ketones (excluding diaryl/α,β-unsaturated/α-hetero) is 1.